The second-order valence-corrected chi connectivity index (χ2v) is 7.26. The van der Waals surface area contributed by atoms with Crippen LogP contribution in [-0.2, 0) is 4.79 Å². The number of benzene rings is 2. The van der Waals surface area contributed by atoms with Crippen LogP contribution in [0.1, 0.15) is 12.5 Å². The lowest BCUT2D eigenvalue weighted by Gasteiger charge is -2.17. The minimum atomic E-state index is -0.921. The zero-order valence-corrected chi connectivity index (χ0v) is 15.6. The van der Waals surface area contributed by atoms with E-state index < -0.39 is 17.2 Å². The number of rotatable bonds is 4. The number of aryl methyl sites for hydroxylation is 1. The Morgan fingerprint density at radius 2 is 1.81 bits per heavy atom. The highest BCUT2D eigenvalue weighted by atomic mass is 32.2. The fourth-order valence-electron chi connectivity index (χ4n) is 2.65. The van der Waals surface area contributed by atoms with E-state index in [0.29, 0.717) is 21.7 Å². The molecule has 138 valence electrons. The van der Waals surface area contributed by atoms with Crippen molar-refractivity contribution in [2.24, 2.45) is 5.73 Å². The van der Waals surface area contributed by atoms with Crippen molar-refractivity contribution in [3.63, 3.8) is 0 Å². The zero-order valence-electron chi connectivity index (χ0n) is 14.8. The third kappa shape index (κ3) is 3.85. The van der Waals surface area contributed by atoms with E-state index in [1.807, 2.05) is 36.5 Å². The van der Waals surface area contributed by atoms with E-state index in [1.165, 1.54) is 4.57 Å². The molecule has 0 saturated carbocycles. The maximum absolute atomic E-state index is 13.2. The van der Waals surface area contributed by atoms with Crippen molar-refractivity contribution in [1.82, 2.24) is 14.9 Å². The summed E-state index contributed by atoms with van der Waals surface area (Å²) in [5.41, 5.74) is 6.91. The molecular formula is C19H18N4O3S. The molecule has 0 bridgehead atoms. The summed E-state index contributed by atoms with van der Waals surface area (Å²) in [6.07, 6.45) is 0. The standard InChI is InChI=1S/C19H18N4O3S/c1-11-7-3-6-10-15(11)23-17(25)13-8-4-5-9-14(13)21-19(23)27-12(2)16(24)22-18(20)26/h3-10,12H,1-2H3,(H3,20,22,24,26)/t12-/m1/s1. The predicted octanol–water partition coefficient (Wildman–Crippen LogP) is 2.37. The highest BCUT2D eigenvalue weighted by molar-refractivity contribution is 8.00. The SMILES string of the molecule is Cc1ccccc1-n1c(S[C@H](C)C(=O)NC(N)=O)nc2ccccc2c1=O. The van der Waals surface area contributed by atoms with Gasteiger partial charge in [0.25, 0.3) is 5.56 Å². The lowest BCUT2D eigenvalue weighted by atomic mass is 10.2. The van der Waals surface area contributed by atoms with Gasteiger partial charge in [-0.15, -0.1) is 0 Å². The van der Waals surface area contributed by atoms with Crippen molar-refractivity contribution < 1.29 is 9.59 Å². The molecule has 2 aromatic carbocycles. The number of amides is 3. The van der Waals surface area contributed by atoms with E-state index in [9.17, 15) is 14.4 Å². The van der Waals surface area contributed by atoms with Crippen LogP contribution in [0.5, 0.6) is 0 Å². The average molecular weight is 382 g/mol. The number of nitrogens with zero attached hydrogens (tertiary/aromatic N) is 2. The van der Waals surface area contributed by atoms with Gasteiger partial charge in [-0.2, -0.15) is 0 Å². The van der Waals surface area contributed by atoms with Crippen LogP contribution in [0.15, 0.2) is 58.5 Å². The number of carbonyl (C=O) groups is 2. The average Bonchev–Trinajstić information content (AvgIpc) is 2.62. The minimum absolute atomic E-state index is 0.222. The largest absolute Gasteiger partial charge is 0.351 e. The molecule has 1 aromatic heterocycles. The van der Waals surface area contributed by atoms with Gasteiger partial charge in [0.2, 0.25) is 5.91 Å². The van der Waals surface area contributed by atoms with Crippen LogP contribution in [0, 0.1) is 6.92 Å². The van der Waals surface area contributed by atoms with Crippen LogP contribution < -0.4 is 16.6 Å². The molecule has 1 atom stereocenters. The molecule has 0 aliphatic heterocycles. The molecule has 3 amide bonds. The number of primary amides is 1. The number of nitrogens with two attached hydrogens (primary N) is 1. The molecule has 0 unspecified atom stereocenters. The van der Waals surface area contributed by atoms with Crippen molar-refractivity contribution in [2.75, 3.05) is 0 Å². The Balaban J connectivity index is 2.17. The lowest BCUT2D eigenvalue weighted by molar-refractivity contribution is -0.119. The van der Waals surface area contributed by atoms with Gasteiger partial charge in [0.05, 0.1) is 21.8 Å². The number of aromatic nitrogens is 2. The number of urea groups is 1. The second-order valence-electron chi connectivity index (χ2n) is 5.95. The number of hydrogen-bond acceptors (Lipinski definition) is 5. The summed E-state index contributed by atoms with van der Waals surface area (Å²) in [5, 5.41) is 2.22. The Hall–Kier alpha value is -3.13. The third-order valence-corrected chi connectivity index (χ3v) is 5.05. The number of imide groups is 1. The zero-order chi connectivity index (χ0) is 19.6. The van der Waals surface area contributed by atoms with E-state index in [4.69, 9.17) is 5.73 Å². The molecule has 0 aliphatic rings. The third-order valence-electron chi connectivity index (χ3n) is 4.00. The first kappa shape index (κ1) is 18.7. The number of hydrogen-bond donors (Lipinski definition) is 2. The fourth-order valence-corrected chi connectivity index (χ4v) is 3.57. The number of thioether (sulfide) groups is 1. The molecule has 1 heterocycles. The molecule has 27 heavy (non-hydrogen) atoms. The van der Waals surface area contributed by atoms with Crippen LogP contribution in [0.25, 0.3) is 16.6 Å². The molecule has 0 aliphatic carbocycles. The van der Waals surface area contributed by atoms with E-state index in [0.717, 1.165) is 17.3 Å². The minimum Gasteiger partial charge on any atom is -0.351 e. The maximum atomic E-state index is 13.2. The Morgan fingerprint density at radius 3 is 2.52 bits per heavy atom. The number of para-hydroxylation sites is 2. The molecule has 0 radical (unpaired) electrons. The van der Waals surface area contributed by atoms with Gasteiger partial charge < -0.3 is 5.73 Å². The van der Waals surface area contributed by atoms with Crippen LogP contribution in [0.4, 0.5) is 4.79 Å². The van der Waals surface area contributed by atoms with Crippen molar-refractivity contribution in [3.8, 4) is 5.69 Å². The molecule has 3 rings (SSSR count). The van der Waals surface area contributed by atoms with Crippen LogP contribution in [-0.4, -0.2) is 26.7 Å². The van der Waals surface area contributed by atoms with Gasteiger partial charge in [-0.05, 0) is 37.6 Å². The Bertz CT molecular complexity index is 1090. The lowest BCUT2D eigenvalue weighted by Crippen LogP contribution is -2.39. The topological polar surface area (TPSA) is 107 Å². The van der Waals surface area contributed by atoms with Crippen LogP contribution >= 0.6 is 11.8 Å². The first-order valence-corrected chi connectivity index (χ1v) is 9.11. The van der Waals surface area contributed by atoms with E-state index in [2.05, 4.69) is 4.98 Å². The smallest absolute Gasteiger partial charge is 0.318 e. The monoisotopic (exact) mass is 382 g/mol. The molecule has 7 nitrogen and oxygen atoms in total. The molecule has 3 N–H and O–H groups in total. The normalized spacial score (nSPS) is 11.9. The summed E-state index contributed by atoms with van der Waals surface area (Å²) < 4.78 is 1.50. The van der Waals surface area contributed by atoms with Crippen LogP contribution in [0.2, 0.25) is 0 Å². The molecule has 3 aromatic rings. The van der Waals surface area contributed by atoms with Gasteiger partial charge in [0.15, 0.2) is 5.16 Å². The van der Waals surface area contributed by atoms with Gasteiger partial charge in [0, 0.05) is 0 Å². The van der Waals surface area contributed by atoms with Crippen molar-refractivity contribution in [1.29, 1.82) is 0 Å². The first-order valence-electron chi connectivity index (χ1n) is 8.23. The number of fused-ring (bicyclic) bond motifs is 1. The van der Waals surface area contributed by atoms with Gasteiger partial charge in [0.1, 0.15) is 0 Å². The van der Waals surface area contributed by atoms with Crippen molar-refractivity contribution in [2.45, 2.75) is 24.3 Å². The molecule has 0 fully saturated rings. The van der Waals surface area contributed by atoms with Crippen LogP contribution in [0.3, 0.4) is 0 Å². The number of nitrogens with one attached hydrogen (secondary N) is 1. The summed E-state index contributed by atoms with van der Waals surface area (Å²) >= 11 is 1.08. The maximum Gasteiger partial charge on any atom is 0.318 e. The molecule has 8 heteroatoms. The summed E-state index contributed by atoms with van der Waals surface area (Å²) in [4.78, 5) is 40.8. The van der Waals surface area contributed by atoms with Gasteiger partial charge in [-0.1, -0.05) is 42.1 Å². The Labute approximate surface area is 159 Å². The Kier molecular flexibility index (Phi) is 5.27. The molecular weight excluding hydrogens is 364 g/mol. The predicted molar refractivity (Wildman–Crippen MR) is 105 cm³/mol. The second kappa shape index (κ2) is 7.63. The summed E-state index contributed by atoms with van der Waals surface area (Å²) in [6, 6.07) is 13.6. The van der Waals surface area contributed by atoms with Crippen molar-refractivity contribution in [3.05, 3.63) is 64.4 Å². The molecule has 0 spiro atoms. The van der Waals surface area contributed by atoms with Crippen molar-refractivity contribution >= 4 is 34.6 Å². The molecule has 0 saturated heterocycles. The number of carbonyl (C=O) groups excluding carboxylic acids is 2. The quantitative estimate of drug-likeness (QED) is 0.532. The van der Waals surface area contributed by atoms with Gasteiger partial charge >= 0.3 is 6.03 Å². The van der Waals surface area contributed by atoms with Gasteiger partial charge in [-0.25, -0.2) is 9.78 Å². The first-order chi connectivity index (χ1) is 12.9. The van der Waals surface area contributed by atoms with Gasteiger partial charge in [-0.3, -0.25) is 19.5 Å². The van der Waals surface area contributed by atoms with E-state index >= 15 is 0 Å². The van der Waals surface area contributed by atoms with E-state index in [1.54, 1.807) is 31.2 Å². The summed E-state index contributed by atoms with van der Waals surface area (Å²) in [7, 11) is 0. The summed E-state index contributed by atoms with van der Waals surface area (Å²) in [5.74, 6) is -0.550. The summed E-state index contributed by atoms with van der Waals surface area (Å²) in [6.45, 7) is 3.51. The highest BCUT2D eigenvalue weighted by Gasteiger charge is 2.21. The highest BCUT2D eigenvalue weighted by Crippen LogP contribution is 2.26. The Morgan fingerprint density at radius 1 is 1.15 bits per heavy atom. The fraction of sp³-hybridized carbons (Fsp3) is 0.158. The van der Waals surface area contributed by atoms with E-state index in [-0.39, 0.29) is 5.56 Å².